The van der Waals surface area contributed by atoms with Crippen molar-refractivity contribution in [1.82, 2.24) is 0 Å². The van der Waals surface area contributed by atoms with Crippen LogP contribution >= 0.6 is 0 Å². The van der Waals surface area contributed by atoms with E-state index in [2.05, 4.69) is 0 Å². The van der Waals surface area contributed by atoms with Gasteiger partial charge in [-0.25, -0.2) is 9.59 Å². The summed E-state index contributed by atoms with van der Waals surface area (Å²) in [4.78, 5) is 70.3. The second kappa shape index (κ2) is 12.1. The number of carbonyl (C=O) groups is 6. The molecule has 4 bridgehead atoms. The van der Waals surface area contributed by atoms with Crippen LogP contribution in [0, 0.1) is 46.8 Å². The fourth-order valence-corrected chi connectivity index (χ4v) is 7.40. The molecule has 0 spiro atoms. The van der Waals surface area contributed by atoms with Gasteiger partial charge in [0, 0.05) is 23.7 Å². The van der Waals surface area contributed by atoms with Crippen molar-refractivity contribution in [2.45, 2.75) is 97.6 Å². The predicted octanol–water partition coefficient (Wildman–Crippen LogP) is 2.53. The van der Waals surface area contributed by atoms with Crippen LogP contribution in [0.25, 0.3) is 0 Å². The first kappa shape index (κ1) is 31.3. The van der Waals surface area contributed by atoms with Gasteiger partial charge in [-0.3, -0.25) is 19.2 Å². The number of fused-ring (bicyclic) bond motifs is 2. The smallest absolute Gasteiger partial charge is 0.344 e. The van der Waals surface area contributed by atoms with Crippen LogP contribution in [0.5, 0.6) is 0 Å². The minimum absolute atomic E-state index is 0.00168. The van der Waals surface area contributed by atoms with E-state index in [1.807, 2.05) is 13.8 Å². The Balaban J connectivity index is 0.000000171. The highest BCUT2D eigenvalue weighted by Crippen LogP contribution is 2.56. The molecule has 11 atom stereocenters. The molecular formula is C31H42O12. The van der Waals surface area contributed by atoms with Gasteiger partial charge in [-0.2, -0.15) is 0 Å². The first-order valence-corrected chi connectivity index (χ1v) is 15.5. The van der Waals surface area contributed by atoms with E-state index in [4.69, 9.17) is 28.4 Å². The molecule has 12 nitrogen and oxygen atoms in total. The number of hydrogen-bond acceptors (Lipinski definition) is 12. The van der Waals surface area contributed by atoms with Crippen LogP contribution in [-0.2, 0) is 57.2 Å². The molecule has 6 fully saturated rings. The topological polar surface area (TPSA) is 158 Å². The quantitative estimate of drug-likeness (QED) is 0.265. The number of rotatable bonds is 10. The Morgan fingerprint density at radius 1 is 0.791 bits per heavy atom. The van der Waals surface area contributed by atoms with E-state index in [-0.39, 0.29) is 91.0 Å². The molecule has 2 heterocycles. The standard InChI is InChI=1S/C16H22O6.C15H20O6/c1-4-16(2,3)15(19)20-7-11(17)21-12-8-5-9-10(6-8)14(18)22-13(9)12;1-3-7(2)14(17)19-6-11(16)20-12-8-4-9-10(5-8)15(18)21-13(9)12/h8-10,12-13H,4-7H2,1-3H3;7-10,12-13H,3-6H2,1-2H3. The van der Waals surface area contributed by atoms with Gasteiger partial charge in [0.05, 0.1) is 23.2 Å². The van der Waals surface area contributed by atoms with Crippen LogP contribution in [0.3, 0.4) is 0 Å². The van der Waals surface area contributed by atoms with E-state index in [0.29, 0.717) is 12.8 Å². The monoisotopic (exact) mass is 606 g/mol. The molecule has 0 amide bonds. The van der Waals surface area contributed by atoms with Crippen molar-refractivity contribution >= 4 is 35.8 Å². The summed E-state index contributed by atoms with van der Waals surface area (Å²) < 4.78 is 31.4. The van der Waals surface area contributed by atoms with Gasteiger partial charge >= 0.3 is 35.8 Å². The van der Waals surface area contributed by atoms with E-state index in [1.54, 1.807) is 20.8 Å². The van der Waals surface area contributed by atoms with Gasteiger partial charge in [-0.1, -0.05) is 20.8 Å². The van der Waals surface area contributed by atoms with Gasteiger partial charge in [0.2, 0.25) is 0 Å². The second-order valence-corrected chi connectivity index (χ2v) is 13.4. The largest absolute Gasteiger partial charge is 0.458 e. The predicted molar refractivity (Wildman–Crippen MR) is 144 cm³/mol. The van der Waals surface area contributed by atoms with Gasteiger partial charge in [-0.15, -0.1) is 0 Å². The minimum Gasteiger partial charge on any atom is -0.458 e. The summed E-state index contributed by atoms with van der Waals surface area (Å²) >= 11 is 0. The summed E-state index contributed by atoms with van der Waals surface area (Å²) in [7, 11) is 0. The van der Waals surface area contributed by atoms with Crippen LogP contribution in [0.15, 0.2) is 0 Å². The normalized spacial score (nSPS) is 36.3. The zero-order valence-electron chi connectivity index (χ0n) is 25.4. The summed E-state index contributed by atoms with van der Waals surface area (Å²) in [6.45, 7) is 8.30. The van der Waals surface area contributed by atoms with Crippen LogP contribution in [-0.4, -0.2) is 73.4 Å². The highest BCUT2D eigenvalue weighted by molar-refractivity contribution is 5.81. The van der Waals surface area contributed by atoms with Crippen molar-refractivity contribution in [1.29, 1.82) is 0 Å². The molecule has 0 N–H and O–H groups in total. The highest BCUT2D eigenvalue weighted by atomic mass is 16.6. The van der Waals surface area contributed by atoms with Crippen molar-refractivity contribution in [3.63, 3.8) is 0 Å². The number of carbonyl (C=O) groups excluding carboxylic acids is 6. The molecule has 238 valence electrons. The SMILES string of the molecule is CCC(C)(C)C(=O)OCC(=O)OC1C2CC3C(=O)OC1C3C2.CCC(C)C(=O)OCC(=O)OC1C2CC3C(=O)OC1C3C2. The Hall–Kier alpha value is -3.18. The summed E-state index contributed by atoms with van der Waals surface area (Å²) in [5.74, 6) is -1.71. The first-order chi connectivity index (χ1) is 20.3. The summed E-state index contributed by atoms with van der Waals surface area (Å²) in [6, 6.07) is 0. The molecule has 0 aromatic heterocycles. The zero-order valence-corrected chi connectivity index (χ0v) is 25.4. The lowest BCUT2D eigenvalue weighted by Crippen LogP contribution is -2.37. The zero-order chi connectivity index (χ0) is 31.2. The summed E-state index contributed by atoms with van der Waals surface area (Å²) in [5.41, 5.74) is -0.610. The summed E-state index contributed by atoms with van der Waals surface area (Å²) in [5, 5.41) is 0. The van der Waals surface area contributed by atoms with Crippen LogP contribution in [0.2, 0.25) is 0 Å². The van der Waals surface area contributed by atoms with Gasteiger partial charge in [0.1, 0.15) is 24.4 Å². The lowest BCUT2D eigenvalue weighted by atomic mass is 9.88. The van der Waals surface area contributed by atoms with Gasteiger partial charge in [0.15, 0.2) is 13.2 Å². The maximum Gasteiger partial charge on any atom is 0.344 e. The molecule has 12 heteroatoms. The lowest BCUT2D eigenvalue weighted by molar-refractivity contribution is -0.172. The van der Waals surface area contributed by atoms with Crippen LogP contribution < -0.4 is 0 Å². The summed E-state index contributed by atoms with van der Waals surface area (Å²) in [6.07, 6.45) is 3.19. The third-order valence-corrected chi connectivity index (χ3v) is 10.5. The van der Waals surface area contributed by atoms with E-state index in [0.717, 1.165) is 25.7 Å². The van der Waals surface area contributed by atoms with Gasteiger partial charge < -0.3 is 28.4 Å². The molecular weight excluding hydrogens is 564 g/mol. The number of hydrogen-bond donors (Lipinski definition) is 0. The van der Waals surface area contributed by atoms with Crippen molar-refractivity contribution in [2.75, 3.05) is 13.2 Å². The van der Waals surface area contributed by atoms with Crippen LogP contribution in [0.4, 0.5) is 0 Å². The van der Waals surface area contributed by atoms with E-state index >= 15 is 0 Å². The molecule has 11 unspecified atom stereocenters. The molecule has 4 aliphatic carbocycles. The average molecular weight is 607 g/mol. The Morgan fingerprint density at radius 3 is 1.70 bits per heavy atom. The molecule has 43 heavy (non-hydrogen) atoms. The Morgan fingerprint density at radius 2 is 1.26 bits per heavy atom. The number of esters is 6. The fourth-order valence-electron chi connectivity index (χ4n) is 7.40. The lowest BCUT2D eigenvalue weighted by Gasteiger charge is -2.25. The minimum atomic E-state index is -0.610. The molecule has 0 radical (unpaired) electrons. The maximum absolute atomic E-state index is 11.9. The number of ether oxygens (including phenoxy) is 6. The molecule has 6 aliphatic rings. The molecule has 2 aliphatic heterocycles. The molecule has 6 rings (SSSR count). The van der Waals surface area contributed by atoms with Gasteiger partial charge in [0.25, 0.3) is 0 Å². The third-order valence-electron chi connectivity index (χ3n) is 10.5. The van der Waals surface area contributed by atoms with Crippen molar-refractivity contribution in [2.24, 2.45) is 46.8 Å². The van der Waals surface area contributed by atoms with Crippen molar-refractivity contribution in [3.8, 4) is 0 Å². The Bertz CT molecular complexity index is 1160. The fraction of sp³-hybridized carbons (Fsp3) is 0.806. The maximum atomic E-state index is 11.9. The van der Waals surface area contributed by atoms with Crippen molar-refractivity contribution < 1.29 is 57.2 Å². The Labute approximate surface area is 250 Å². The molecule has 4 saturated carbocycles. The molecule has 0 aromatic rings. The van der Waals surface area contributed by atoms with Crippen LogP contribution in [0.1, 0.15) is 73.1 Å². The average Bonchev–Trinajstić information content (AvgIpc) is 3.80. The van der Waals surface area contributed by atoms with E-state index < -0.39 is 29.3 Å². The van der Waals surface area contributed by atoms with Gasteiger partial charge in [-0.05, 0) is 52.4 Å². The van der Waals surface area contributed by atoms with E-state index in [1.165, 1.54) is 0 Å². The second-order valence-electron chi connectivity index (χ2n) is 13.4. The van der Waals surface area contributed by atoms with Crippen molar-refractivity contribution in [3.05, 3.63) is 0 Å². The molecule has 2 saturated heterocycles. The first-order valence-electron chi connectivity index (χ1n) is 15.5. The third kappa shape index (κ3) is 5.98. The molecule has 0 aromatic carbocycles. The van der Waals surface area contributed by atoms with E-state index in [9.17, 15) is 28.8 Å². The Kier molecular flexibility index (Phi) is 8.77. The highest BCUT2D eigenvalue weighted by Gasteiger charge is 2.64.